The predicted octanol–water partition coefficient (Wildman–Crippen LogP) is 4.90. The number of benzene rings is 2. The first-order chi connectivity index (χ1) is 11.8. The lowest BCUT2D eigenvalue weighted by Crippen LogP contribution is -2.22. The molecule has 0 spiro atoms. The number of hydrogen-bond donors (Lipinski definition) is 1. The highest BCUT2D eigenvalue weighted by Crippen LogP contribution is 2.46. The van der Waals surface area contributed by atoms with E-state index in [2.05, 4.69) is 22.8 Å². The van der Waals surface area contributed by atoms with Gasteiger partial charge < -0.3 is 10.1 Å². The third-order valence-corrected chi connectivity index (χ3v) is 5.49. The van der Waals surface area contributed by atoms with E-state index in [1.54, 1.807) is 18.4 Å². The summed E-state index contributed by atoms with van der Waals surface area (Å²) < 4.78 is 5.22. The summed E-state index contributed by atoms with van der Waals surface area (Å²) in [6.45, 7) is 0. The van der Waals surface area contributed by atoms with Crippen LogP contribution in [0.1, 0.15) is 22.8 Å². The van der Waals surface area contributed by atoms with Crippen molar-refractivity contribution in [2.24, 2.45) is 0 Å². The molecular weight excluding hydrogens is 318 g/mol. The van der Waals surface area contributed by atoms with E-state index in [4.69, 9.17) is 4.74 Å². The Labute approximate surface area is 144 Å². The van der Waals surface area contributed by atoms with Gasteiger partial charge in [0.1, 0.15) is 5.75 Å². The van der Waals surface area contributed by atoms with Gasteiger partial charge in [-0.3, -0.25) is 4.79 Å². The summed E-state index contributed by atoms with van der Waals surface area (Å²) in [6.07, 6.45) is 0.500. The Bertz CT molecular complexity index is 868. The summed E-state index contributed by atoms with van der Waals surface area (Å²) in [5.74, 6) is 1.03. The molecule has 3 aromatic rings. The maximum absolute atomic E-state index is 12.3. The van der Waals surface area contributed by atoms with Crippen molar-refractivity contribution in [1.29, 1.82) is 0 Å². The van der Waals surface area contributed by atoms with Crippen molar-refractivity contribution >= 4 is 22.9 Å². The molecule has 0 fully saturated rings. The minimum atomic E-state index is 0.0736. The van der Waals surface area contributed by atoms with Gasteiger partial charge >= 0.3 is 0 Å². The van der Waals surface area contributed by atoms with Gasteiger partial charge in [-0.15, -0.1) is 11.3 Å². The van der Waals surface area contributed by atoms with Crippen molar-refractivity contribution in [2.45, 2.75) is 12.3 Å². The van der Waals surface area contributed by atoms with Crippen LogP contribution < -0.4 is 10.1 Å². The van der Waals surface area contributed by atoms with E-state index in [0.717, 1.165) is 22.6 Å². The van der Waals surface area contributed by atoms with Crippen molar-refractivity contribution in [3.05, 3.63) is 70.4 Å². The predicted molar refractivity (Wildman–Crippen MR) is 97.8 cm³/mol. The van der Waals surface area contributed by atoms with Crippen molar-refractivity contribution in [2.75, 3.05) is 12.4 Å². The van der Waals surface area contributed by atoms with Gasteiger partial charge in [0.05, 0.1) is 12.8 Å². The summed E-state index contributed by atoms with van der Waals surface area (Å²) in [7, 11) is 1.66. The van der Waals surface area contributed by atoms with Crippen LogP contribution in [0.4, 0.5) is 5.69 Å². The number of carbonyl (C=O) groups is 1. The number of methoxy groups -OCH3 is 1. The van der Waals surface area contributed by atoms with Gasteiger partial charge in [-0.25, -0.2) is 0 Å². The Kier molecular flexibility index (Phi) is 3.82. The number of ether oxygens (including phenoxy) is 1. The average Bonchev–Trinajstić information content (AvgIpc) is 3.05. The number of nitrogens with one attached hydrogen (secondary N) is 1. The zero-order valence-electron chi connectivity index (χ0n) is 13.3. The molecule has 120 valence electrons. The fourth-order valence-corrected chi connectivity index (χ4v) is 4.33. The Morgan fingerprint density at radius 1 is 1.08 bits per heavy atom. The maximum atomic E-state index is 12.3. The summed E-state index contributed by atoms with van der Waals surface area (Å²) in [6, 6.07) is 18.2. The van der Waals surface area contributed by atoms with Crippen LogP contribution >= 0.6 is 11.3 Å². The Morgan fingerprint density at radius 3 is 2.54 bits per heavy atom. The molecule has 24 heavy (non-hydrogen) atoms. The molecule has 1 atom stereocenters. The smallest absolute Gasteiger partial charge is 0.225 e. The van der Waals surface area contributed by atoms with Crippen LogP contribution in [0.25, 0.3) is 11.1 Å². The van der Waals surface area contributed by atoms with E-state index in [0.29, 0.717) is 6.42 Å². The summed E-state index contributed by atoms with van der Waals surface area (Å²) in [5, 5.41) is 5.21. The van der Waals surface area contributed by atoms with Gasteiger partial charge in [0.2, 0.25) is 5.91 Å². The molecular formula is C20H17NO2S. The molecule has 2 heterocycles. The van der Waals surface area contributed by atoms with E-state index in [1.807, 2.05) is 42.5 Å². The summed E-state index contributed by atoms with van der Waals surface area (Å²) in [5.41, 5.74) is 4.31. The lowest BCUT2D eigenvalue weighted by atomic mass is 9.89. The van der Waals surface area contributed by atoms with Crippen LogP contribution in [-0.2, 0) is 4.79 Å². The molecule has 1 N–H and O–H groups in total. The van der Waals surface area contributed by atoms with Gasteiger partial charge in [-0.1, -0.05) is 42.5 Å². The average molecular weight is 335 g/mol. The lowest BCUT2D eigenvalue weighted by molar-refractivity contribution is -0.116. The molecule has 1 aliphatic heterocycles. The second-order valence-electron chi connectivity index (χ2n) is 5.83. The molecule has 0 saturated heterocycles. The Morgan fingerprint density at radius 2 is 1.83 bits per heavy atom. The van der Waals surface area contributed by atoms with Crippen molar-refractivity contribution in [3.8, 4) is 16.9 Å². The van der Waals surface area contributed by atoms with E-state index in [1.165, 1.54) is 10.4 Å². The fraction of sp³-hybridized carbons (Fsp3) is 0.150. The maximum Gasteiger partial charge on any atom is 0.225 e. The van der Waals surface area contributed by atoms with Crippen LogP contribution in [0.3, 0.4) is 0 Å². The van der Waals surface area contributed by atoms with Gasteiger partial charge in [0, 0.05) is 28.2 Å². The number of rotatable bonds is 3. The Hall–Kier alpha value is -2.59. The number of thiophene rings is 1. The molecule has 0 bridgehead atoms. The molecule has 3 nitrogen and oxygen atoms in total. The van der Waals surface area contributed by atoms with Crippen molar-refractivity contribution < 1.29 is 9.53 Å². The molecule has 1 aliphatic rings. The molecule has 0 unspecified atom stereocenters. The highest BCUT2D eigenvalue weighted by molar-refractivity contribution is 7.11. The summed E-state index contributed by atoms with van der Waals surface area (Å²) in [4.78, 5) is 13.5. The SMILES string of the molecule is COc1ccc(-c2csc3c2NC(=O)C[C@@H]3c2ccccc2)cc1. The topological polar surface area (TPSA) is 38.3 Å². The first-order valence-electron chi connectivity index (χ1n) is 7.87. The van der Waals surface area contributed by atoms with Gasteiger partial charge in [-0.2, -0.15) is 0 Å². The fourth-order valence-electron chi connectivity index (χ4n) is 3.16. The zero-order chi connectivity index (χ0) is 16.5. The van der Waals surface area contributed by atoms with Crippen molar-refractivity contribution in [3.63, 3.8) is 0 Å². The number of amides is 1. The minimum Gasteiger partial charge on any atom is -0.497 e. The zero-order valence-corrected chi connectivity index (χ0v) is 14.1. The van der Waals surface area contributed by atoms with Crippen LogP contribution in [0, 0.1) is 0 Å². The number of hydrogen-bond acceptors (Lipinski definition) is 3. The first-order valence-corrected chi connectivity index (χ1v) is 8.75. The van der Waals surface area contributed by atoms with Crippen molar-refractivity contribution in [1.82, 2.24) is 0 Å². The number of carbonyl (C=O) groups excluding carboxylic acids is 1. The van der Waals surface area contributed by atoms with Crippen LogP contribution in [0.15, 0.2) is 60.0 Å². The molecule has 4 heteroatoms. The van der Waals surface area contributed by atoms with Crippen LogP contribution in [-0.4, -0.2) is 13.0 Å². The second kappa shape index (κ2) is 6.13. The monoisotopic (exact) mass is 335 g/mol. The molecule has 2 aromatic carbocycles. The molecule has 1 amide bonds. The highest BCUT2D eigenvalue weighted by atomic mass is 32.1. The van der Waals surface area contributed by atoms with Gasteiger partial charge in [0.15, 0.2) is 0 Å². The normalized spacial score (nSPS) is 16.4. The second-order valence-corrected chi connectivity index (χ2v) is 6.74. The van der Waals surface area contributed by atoms with Crippen LogP contribution in [0.2, 0.25) is 0 Å². The molecule has 1 aromatic heterocycles. The number of anilines is 1. The largest absolute Gasteiger partial charge is 0.497 e. The van der Waals surface area contributed by atoms with Crippen LogP contribution in [0.5, 0.6) is 5.75 Å². The molecule has 0 aliphatic carbocycles. The van der Waals surface area contributed by atoms with Gasteiger partial charge in [0.25, 0.3) is 0 Å². The van der Waals surface area contributed by atoms with E-state index < -0.39 is 0 Å². The van der Waals surface area contributed by atoms with Gasteiger partial charge in [-0.05, 0) is 23.3 Å². The lowest BCUT2D eigenvalue weighted by Gasteiger charge is -2.24. The summed E-state index contributed by atoms with van der Waals surface area (Å²) >= 11 is 1.72. The Balaban J connectivity index is 1.78. The molecule has 0 saturated carbocycles. The quantitative estimate of drug-likeness (QED) is 0.739. The molecule has 4 rings (SSSR count). The molecule has 0 radical (unpaired) electrons. The third kappa shape index (κ3) is 2.59. The minimum absolute atomic E-state index is 0.0736. The van der Waals surface area contributed by atoms with E-state index >= 15 is 0 Å². The first kappa shape index (κ1) is 15.0. The van der Waals surface area contributed by atoms with E-state index in [-0.39, 0.29) is 11.8 Å². The number of fused-ring (bicyclic) bond motifs is 1. The van der Waals surface area contributed by atoms with E-state index in [9.17, 15) is 4.79 Å². The third-order valence-electron chi connectivity index (χ3n) is 4.39. The highest BCUT2D eigenvalue weighted by Gasteiger charge is 2.30. The standard InChI is InChI=1S/C20H17NO2S/c1-23-15-9-7-14(8-10-15)17-12-24-20-16(11-18(22)21-19(17)20)13-5-3-2-4-6-13/h2-10,12,16H,11H2,1H3,(H,21,22)/t16-/m1/s1.